The summed E-state index contributed by atoms with van der Waals surface area (Å²) in [6.07, 6.45) is 0.349. The number of esters is 2. The first-order chi connectivity index (χ1) is 35.2. The van der Waals surface area contributed by atoms with Crippen LogP contribution >= 0.6 is 0 Å². The number of amides is 5. The monoisotopic (exact) mass is 1070 g/mol. The van der Waals surface area contributed by atoms with E-state index < -0.39 is 108 Å². The van der Waals surface area contributed by atoms with E-state index in [9.17, 15) is 42.0 Å². The minimum Gasteiger partial charge on any atom is -0.497 e. The zero-order valence-corrected chi connectivity index (χ0v) is 45.1. The van der Waals surface area contributed by atoms with Crippen LogP contribution in [0.25, 0.3) is 0 Å². The summed E-state index contributed by atoms with van der Waals surface area (Å²) in [7, 11) is -0.398. The van der Waals surface area contributed by atoms with Crippen LogP contribution in [0.3, 0.4) is 0 Å². The van der Waals surface area contributed by atoms with E-state index >= 15 is 0 Å². The van der Waals surface area contributed by atoms with E-state index in [4.69, 9.17) is 29.4 Å². The van der Waals surface area contributed by atoms with Crippen LogP contribution in [-0.4, -0.2) is 156 Å². The molecule has 0 radical (unpaired) electrons. The summed E-state index contributed by atoms with van der Waals surface area (Å²) in [6.45, 7) is 7.77. The second-order valence-electron chi connectivity index (χ2n) is 19.1. The fourth-order valence-electron chi connectivity index (χ4n) is 7.76. The minimum absolute atomic E-state index is 0.0136. The summed E-state index contributed by atoms with van der Waals surface area (Å²) >= 11 is 0. The molecule has 0 aliphatic carbocycles. The van der Waals surface area contributed by atoms with Crippen LogP contribution < -0.4 is 35.9 Å². The van der Waals surface area contributed by atoms with Gasteiger partial charge in [0.25, 0.3) is 10.0 Å². The highest BCUT2D eigenvalue weighted by Crippen LogP contribution is 2.39. The normalized spacial score (nSPS) is 12.9. The molecular formula is C51H70N8O15S. The van der Waals surface area contributed by atoms with E-state index in [-0.39, 0.29) is 37.6 Å². The van der Waals surface area contributed by atoms with E-state index in [0.717, 1.165) is 22.5 Å². The van der Waals surface area contributed by atoms with Crippen molar-refractivity contribution in [3.63, 3.8) is 0 Å². The lowest BCUT2D eigenvalue weighted by Crippen LogP contribution is -2.50. The third kappa shape index (κ3) is 19.0. The maximum absolute atomic E-state index is 14.3. The molecule has 0 saturated heterocycles. The molecule has 75 heavy (non-hydrogen) atoms. The number of nitrogens with zero attached hydrogens (tertiary/aromatic N) is 4. The lowest BCUT2D eigenvalue weighted by molar-refractivity contribution is -0.159. The predicted molar refractivity (Wildman–Crippen MR) is 274 cm³/mol. The molecule has 1 aliphatic rings. The Bertz CT molecular complexity index is 2690. The molecule has 0 fully saturated rings. The van der Waals surface area contributed by atoms with Gasteiger partial charge in [0.05, 0.1) is 39.3 Å². The third-order valence-electron chi connectivity index (χ3n) is 11.5. The number of carbonyl (C=O) groups is 7. The Morgan fingerprint density at radius 3 is 2.05 bits per heavy atom. The van der Waals surface area contributed by atoms with Gasteiger partial charge in [-0.15, -0.1) is 4.40 Å². The molecule has 5 amide bonds. The van der Waals surface area contributed by atoms with Crippen LogP contribution in [0.5, 0.6) is 17.2 Å². The molecule has 0 bridgehead atoms. The number of ether oxygens (including phenoxy) is 6. The first kappa shape index (κ1) is 59.9. The van der Waals surface area contributed by atoms with Crippen molar-refractivity contribution in [3.05, 3.63) is 82.4 Å². The molecule has 0 unspecified atom stereocenters. The van der Waals surface area contributed by atoms with E-state index in [1.807, 2.05) is 13.8 Å². The molecule has 3 aromatic rings. The van der Waals surface area contributed by atoms with E-state index in [2.05, 4.69) is 25.1 Å². The van der Waals surface area contributed by atoms with Gasteiger partial charge in [-0.1, -0.05) is 30.3 Å². The molecule has 410 valence electrons. The van der Waals surface area contributed by atoms with Crippen LogP contribution in [0, 0.1) is 13.8 Å². The second kappa shape index (κ2) is 27.1. The lowest BCUT2D eigenvalue weighted by atomic mass is 9.91. The van der Waals surface area contributed by atoms with Gasteiger partial charge in [-0.05, 0) is 108 Å². The fraction of sp³-hybridized carbons (Fsp3) is 0.490. The summed E-state index contributed by atoms with van der Waals surface area (Å²) in [5.74, 6) is -3.86. The number of hydrogen-bond acceptors (Lipinski definition) is 15. The van der Waals surface area contributed by atoms with Crippen molar-refractivity contribution in [2.75, 3.05) is 73.7 Å². The SMILES string of the molecule is COC(=O)CNC(=O)CN(CC(=O)OC(C)(C)C)C(=O)CNC(=O)CN(CCCN(Cc1ccc(OC)cc1OC)/C(N)=N\S(=O)(=O)c1c(C)cc2c(c1C)CCC(C)(C)O2)C(=O)CNC(=O)OCc1ccccc1. The van der Waals surface area contributed by atoms with Gasteiger partial charge in [0.2, 0.25) is 29.6 Å². The van der Waals surface area contributed by atoms with Gasteiger partial charge in [0, 0.05) is 31.3 Å². The number of carbonyl (C=O) groups excluding carboxylic acids is 7. The van der Waals surface area contributed by atoms with Gasteiger partial charge in [-0.3, -0.25) is 28.8 Å². The first-order valence-electron chi connectivity index (χ1n) is 23.9. The van der Waals surface area contributed by atoms with Gasteiger partial charge >= 0.3 is 18.0 Å². The van der Waals surface area contributed by atoms with Crippen LogP contribution in [0.4, 0.5) is 4.79 Å². The average molecular weight is 1070 g/mol. The average Bonchev–Trinajstić information content (AvgIpc) is 3.33. The summed E-state index contributed by atoms with van der Waals surface area (Å²) in [5, 5.41) is 7.07. The van der Waals surface area contributed by atoms with Crippen LogP contribution in [0.2, 0.25) is 0 Å². The quantitative estimate of drug-likeness (QED) is 0.0434. The molecule has 0 spiro atoms. The van der Waals surface area contributed by atoms with Crippen molar-refractivity contribution in [2.24, 2.45) is 10.1 Å². The number of nitrogens with two attached hydrogens (primary N) is 1. The molecule has 24 heteroatoms. The Morgan fingerprint density at radius 1 is 0.787 bits per heavy atom. The van der Waals surface area contributed by atoms with Gasteiger partial charge in [0.15, 0.2) is 0 Å². The summed E-state index contributed by atoms with van der Waals surface area (Å²) in [5.41, 5.74) is 8.15. The number of nitrogens with one attached hydrogen (secondary N) is 3. The molecular weight excluding hydrogens is 997 g/mol. The Morgan fingerprint density at radius 2 is 1.41 bits per heavy atom. The third-order valence-corrected chi connectivity index (χ3v) is 13.0. The van der Waals surface area contributed by atoms with Gasteiger partial charge < -0.3 is 64.8 Å². The summed E-state index contributed by atoms with van der Waals surface area (Å²) < 4.78 is 65.0. The van der Waals surface area contributed by atoms with Crippen LogP contribution in [0.15, 0.2) is 63.9 Å². The Labute approximate surface area is 437 Å². The number of alkyl carbamates (subject to hydrolysis) is 1. The van der Waals surface area contributed by atoms with E-state index in [1.165, 1.54) is 19.1 Å². The van der Waals surface area contributed by atoms with Crippen molar-refractivity contribution < 1.29 is 70.4 Å². The maximum atomic E-state index is 14.3. The largest absolute Gasteiger partial charge is 0.497 e. The number of hydrogen-bond donors (Lipinski definition) is 4. The Balaban J connectivity index is 1.60. The van der Waals surface area contributed by atoms with E-state index in [0.29, 0.717) is 52.3 Å². The smallest absolute Gasteiger partial charge is 0.407 e. The molecule has 5 N–H and O–H groups in total. The summed E-state index contributed by atoms with van der Waals surface area (Å²) in [4.78, 5) is 94.1. The van der Waals surface area contributed by atoms with Crippen LogP contribution in [0.1, 0.15) is 75.3 Å². The minimum atomic E-state index is -4.46. The maximum Gasteiger partial charge on any atom is 0.407 e. The highest BCUT2D eigenvalue weighted by atomic mass is 32.2. The van der Waals surface area contributed by atoms with E-state index in [1.54, 1.807) is 89.2 Å². The highest BCUT2D eigenvalue weighted by molar-refractivity contribution is 7.90. The number of sulfonamides is 1. The zero-order chi connectivity index (χ0) is 55.7. The van der Waals surface area contributed by atoms with Crippen LogP contribution in [-0.2, 0) is 72.6 Å². The lowest BCUT2D eigenvalue weighted by Gasteiger charge is -2.34. The fourth-order valence-corrected chi connectivity index (χ4v) is 9.19. The molecule has 23 nitrogen and oxygen atoms in total. The zero-order valence-electron chi connectivity index (χ0n) is 44.3. The number of guanidine groups is 1. The van der Waals surface area contributed by atoms with Crippen molar-refractivity contribution >= 4 is 57.6 Å². The number of aryl methyl sites for hydroxylation is 1. The molecule has 4 rings (SSSR count). The molecule has 1 heterocycles. The number of fused-ring (bicyclic) bond motifs is 1. The van der Waals surface area contributed by atoms with Crippen molar-refractivity contribution in [2.45, 2.75) is 97.0 Å². The van der Waals surface area contributed by atoms with Crippen molar-refractivity contribution in [1.29, 1.82) is 0 Å². The highest BCUT2D eigenvalue weighted by Gasteiger charge is 2.32. The second-order valence-corrected chi connectivity index (χ2v) is 20.6. The molecule has 3 aromatic carbocycles. The first-order valence-corrected chi connectivity index (χ1v) is 25.4. The molecule has 1 aliphatic heterocycles. The molecule has 0 atom stereocenters. The Kier molecular flexibility index (Phi) is 21.6. The number of methoxy groups -OCH3 is 3. The predicted octanol–water partition coefficient (Wildman–Crippen LogP) is 2.65. The van der Waals surface area contributed by atoms with Crippen molar-refractivity contribution in [3.8, 4) is 17.2 Å². The number of benzene rings is 3. The Hall–Kier alpha value is -7.63. The van der Waals surface area contributed by atoms with Crippen molar-refractivity contribution in [1.82, 2.24) is 30.7 Å². The van der Waals surface area contributed by atoms with Gasteiger partial charge in [-0.25, -0.2) is 4.79 Å². The number of rotatable bonds is 24. The van der Waals surface area contributed by atoms with Gasteiger partial charge in [0.1, 0.15) is 61.2 Å². The van der Waals surface area contributed by atoms with Gasteiger partial charge in [-0.2, -0.15) is 8.42 Å². The standard InChI is InChI=1S/C51H70N8O15S/c1-33-23-40-38(19-20-51(6,7)73-40)34(2)47(33)75(67,68)56-48(52)58(28-36-17-18-37(69-8)24-39(36)70-9)22-14-21-57(43(62)26-55-49(66)72-32-35-15-12-11-13-16-35)29-41(60)53-25-44(63)59(31-46(65)74-50(3,4)5)30-42(61)54-27-45(64)71-10/h11-13,15-18,23-24H,14,19-22,25-32H2,1-10H3,(H2,52,56)(H,53,60)(H,54,61)(H,55,66). The topological polar surface area (TPSA) is 293 Å². The molecule has 0 saturated carbocycles. The molecule has 0 aromatic heterocycles. The summed E-state index contributed by atoms with van der Waals surface area (Å²) in [6, 6.07) is 15.5.